The number of non-ortho nitro benzene ring substituents is 1. The van der Waals surface area contributed by atoms with Crippen molar-refractivity contribution in [3.05, 3.63) is 98.1 Å². The maximum Gasteiger partial charge on any atom is 0.343 e. The van der Waals surface area contributed by atoms with Gasteiger partial charge in [0.15, 0.2) is 11.5 Å². The SMILES string of the molecule is COc1cc(C=NNC(=O)c2ccc(C)cc2Cl)ccc1OC(=O)c1ccc([N+](=O)[O-])cc1. The standard InChI is InChI=1S/C23H18ClN3O6/c1-14-3-9-18(19(24)11-14)22(28)26-25-13-15-4-10-20(21(12-15)32-2)33-23(29)16-5-7-17(8-6-16)27(30)31/h3-13H,1-2H3,(H,26,28). The van der Waals surface area contributed by atoms with Gasteiger partial charge in [-0.2, -0.15) is 5.10 Å². The van der Waals surface area contributed by atoms with Gasteiger partial charge in [-0.25, -0.2) is 10.2 Å². The third kappa shape index (κ3) is 5.92. The third-order valence-corrected chi connectivity index (χ3v) is 4.77. The number of halogens is 1. The number of hydrogen-bond donors (Lipinski definition) is 1. The van der Waals surface area contributed by atoms with Crippen LogP contribution in [0.25, 0.3) is 0 Å². The number of methoxy groups -OCH3 is 1. The lowest BCUT2D eigenvalue weighted by Crippen LogP contribution is -2.18. The van der Waals surface area contributed by atoms with Crippen LogP contribution in [0.5, 0.6) is 11.5 Å². The second-order valence-electron chi connectivity index (χ2n) is 6.79. The average Bonchev–Trinajstić information content (AvgIpc) is 2.79. The molecule has 0 atom stereocenters. The molecule has 0 aliphatic rings. The highest BCUT2D eigenvalue weighted by Gasteiger charge is 2.15. The van der Waals surface area contributed by atoms with Crippen LogP contribution < -0.4 is 14.9 Å². The summed E-state index contributed by atoms with van der Waals surface area (Å²) in [6, 6.07) is 14.8. The van der Waals surface area contributed by atoms with E-state index in [1.165, 1.54) is 43.7 Å². The molecule has 0 aliphatic carbocycles. The van der Waals surface area contributed by atoms with Crippen LogP contribution in [0.3, 0.4) is 0 Å². The van der Waals surface area contributed by atoms with Gasteiger partial charge in [0, 0.05) is 12.1 Å². The molecular formula is C23H18ClN3O6. The van der Waals surface area contributed by atoms with Crippen molar-refractivity contribution in [2.24, 2.45) is 5.10 Å². The summed E-state index contributed by atoms with van der Waals surface area (Å²) in [5.74, 6) is -0.765. The maximum absolute atomic E-state index is 12.3. The van der Waals surface area contributed by atoms with Crippen LogP contribution in [0, 0.1) is 17.0 Å². The van der Waals surface area contributed by atoms with Crippen LogP contribution in [-0.2, 0) is 0 Å². The molecule has 0 spiro atoms. The van der Waals surface area contributed by atoms with Gasteiger partial charge in [0.05, 0.1) is 34.4 Å². The van der Waals surface area contributed by atoms with E-state index in [0.717, 1.165) is 5.56 Å². The van der Waals surface area contributed by atoms with Crippen molar-refractivity contribution >= 4 is 35.4 Å². The van der Waals surface area contributed by atoms with Gasteiger partial charge >= 0.3 is 5.97 Å². The molecule has 0 bridgehead atoms. The van der Waals surface area contributed by atoms with Crippen LogP contribution in [0.4, 0.5) is 5.69 Å². The van der Waals surface area contributed by atoms with Gasteiger partial charge in [0.1, 0.15) is 0 Å². The molecule has 0 fully saturated rings. The highest BCUT2D eigenvalue weighted by Crippen LogP contribution is 2.28. The van der Waals surface area contributed by atoms with E-state index in [1.54, 1.807) is 30.3 Å². The summed E-state index contributed by atoms with van der Waals surface area (Å²) in [5, 5.41) is 15.0. The minimum Gasteiger partial charge on any atom is -0.493 e. The van der Waals surface area contributed by atoms with E-state index in [2.05, 4.69) is 10.5 Å². The Labute approximate surface area is 193 Å². The number of benzene rings is 3. The molecule has 0 heterocycles. The molecule has 10 heteroatoms. The first kappa shape index (κ1) is 23.4. The molecule has 1 amide bonds. The summed E-state index contributed by atoms with van der Waals surface area (Å²) >= 11 is 6.08. The molecule has 3 aromatic carbocycles. The molecule has 0 saturated heterocycles. The molecule has 3 rings (SSSR count). The van der Waals surface area contributed by atoms with E-state index in [-0.39, 0.29) is 22.7 Å². The quantitative estimate of drug-likeness (QED) is 0.179. The Morgan fingerprint density at radius 3 is 2.42 bits per heavy atom. The summed E-state index contributed by atoms with van der Waals surface area (Å²) in [4.78, 5) is 34.8. The molecular weight excluding hydrogens is 450 g/mol. The van der Waals surface area contributed by atoms with Crippen LogP contribution >= 0.6 is 11.6 Å². The number of carbonyl (C=O) groups excluding carboxylic acids is 2. The zero-order valence-electron chi connectivity index (χ0n) is 17.6. The number of esters is 1. The normalized spacial score (nSPS) is 10.6. The number of hydrogen-bond acceptors (Lipinski definition) is 7. The molecule has 1 N–H and O–H groups in total. The van der Waals surface area contributed by atoms with Gasteiger partial charge in [0.2, 0.25) is 0 Å². The van der Waals surface area contributed by atoms with E-state index >= 15 is 0 Å². The minimum atomic E-state index is -0.702. The Kier molecular flexibility index (Phi) is 7.37. The van der Waals surface area contributed by atoms with Crippen LogP contribution in [-0.4, -0.2) is 30.1 Å². The summed E-state index contributed by atoms with van der Waals surface area (Å²) in [6.45, 7) is 1.87. The van der Waals surface area contributed by atoms with Crippen LogP contribution in [0.2, 0.25) is 5.02 Å². The number of nitro benzene ring substituents is 1. The number of nitrogens with one attached hydrogen (secondary N) is 1. The number of carbonyl (C=O) groups is 2. The zero-order valence-corrected chi connectivity index (χ0v) is 18.3. The largest absolute Gasteiger partial charge is 0.493 e. The summed E-state index contributed by atoms with van der Waals surface area (Å²) in [7, 11) is 1.40. The zero-order chi connectivity index (χ0) is 24.0. The monoisotopic (exact) mass is 467 g/mol. The van der Waals surface area contributed by atoms with E-state index in [0.29, 0.717) is 16.1 Å². The first-order valence-corrected chi connectivity index (χ1v) is 9.90. The summed E-state index contributed by atoms with van der Waals surface area (Å²) < 4.78 is 10.6. The van der Waals surface area contributed by atoms with Crippen LogP contribution in [0.15, 0.2) is 65.8 Å². The van der Waals surface area contributed by atoms with E-state index in [1.807, 2.05) is 6.92 Å². The van der Waals surface area contributed by atoms with Gasteiger partial charge in [-0.3, -0.25) is 14.9 Å². The number of ether oxygens (including phenoxy) is 2. The molecule has 0 aromatic heterocycles. The fourth-order valence-electron chi connectivity index (χ4n) is 2.76. The highest BCUT2D eigenvalue weighted by molar-refractivity contribution is 6.33. The van der Waals surface area contributed by atoms with Crippen molar-refractivity contribution in [1.82, 2.24) is 5.43 Å². The molecule has 0 saturated carbocycles. The molecule has 0 aliphatic heterocycles. The van der Waals surface area contributed by atoms with Crippen LogP contribution in [0.1, 0.15) is 31.8 Å². The predicted octanol–water partition coefficient (Wildman–Crippen LogP) is 4.55. The van der Waals surface area contributed by atoms with Crippen molar-refractivity contribution in [1.29, 1.82) is 0 Å². The first-order valence-electron chi connectivity index (χ1n) is 9.52. The van der Waals surface area contributed by atoms with Gasteiger partial charge in [-0.05, 0) is 60.5 Å². The number of amides is 1. The molecule has 3 aromatic rings. The summed E-state index contributed by atoms with van der Waals surface area (Å²) in [5.41, 5.74) is 4.20. The molecule has 0 unspecified atom stereocenters. The first-order chi connectivity index (χ1) is 15.8. The Morgan fingerprint density at radius 1 is 1.06 bits per heavy atom. The van der Waals surface area contributed by atoms with Crippen molar-refractivity contribution in [3.8, 4) is 11.5 Å². The van der Waals surface area contributed by atoms with E-state index < -0.39 is 16.8 Å². The Balaban J connectivity index is 1.68. The second kappa shape index (κ2) is 10.4. The van der Waals surface area contributed by atoms with Crippen molar-refractivity contribution in [2.75, 3.05) is 7.11 Å². The minimum absolute atomic E-state index is 0.135. The van der Waals surface area contributed by atoms with Crippen molar-refractivity contribution in [3.63, 3.8) is 0 Å². The smallest absolute Gasteiger partial charge is 0.343 e. The number of hydrazone groups is 1. The lowest BCUT2D eigenvalue weighted by molar-refractivity contribution is -0.384. The van der Waals surface area contributed by atoms with Crippen molar-refractivity contribution in [2.45, 2.75) is 6.92 Å². The van der Waals surface area contributed by atoms with E-state index in [4.69, 9.17) is 21.1 Å². The Hall–Kier alpha value is -4.24. The lowest BCUT2D eigenvalue weighted by Gasteiger charge is -2.10. The van der Waals surface area contributed by atoms with Gasteiger partial charge < -0.3 is 9.47 Å². The topological polar surface area (TPSA) is 120 Å². The Bertz CT molecular complexity index is 1240. The molecule has 168 valence electrons. The van der Waals surface area contributed by atoms with Gasteiger partial charge in [-0.1, -0.05) is 17.7 Å². The van der Waals surface area contributed by atoms with E-state index in [9.17, 15) is 19.7 Å². The molecule has 9 nitrogen and oxygen atoms in total. The highest BCUT2D eigenvalue weighted by atomic mass is 35.5. The fraction of sp³-hybridized carbons (Fsp3) is 0.0870. The number of aryl methyl sites for hydroxylation is 1. The average molecular weight is 468 g/mol. The Morgan fingerprint density at radius 2 is 1.79 bits per heavy atom. The molecule has 0 radical (unpaired) electrons. The van der Waals surface area contributed by atoms with Crippen molar-refractivity contribution < 1.29 is 24.0 Å². The third-order valence-electron chi connectivity index (χ3n) is 4.45. The lowest BCUT2D eigenvalue weighted by atomic mass is 10.1. The number of rotatable bonds is 7. The summed E-state index contributed by atoms with van der Waals surface area (Å²) in [6.07, 6.45) is 1.39. The second-order valence-corrected chi connectivity index (χ2v) is 7.19. The van der Waals surface area contributed by atoms with Gasteiger partial charge in [0.25, 0.3) is 11.6 Å². The predicted molar refractivity (Wildman–Crippen MR) is 122 cm³/mol. The number of nitrogens with zero attached hydrogens (tertiary/aromatic N) is 2. The molecule has 33 heavy (non-hydrogen) atoms. The fourth-order valence-corrected chi connectivity index (χ4v) is 3.08. The number of nitro groups is 1. The maximum atomic E-state index is 12.3. The van der Waals surface area contributed by atoms with Gasteiger partial charge in [-0.15, -0.1) is 0 Å².